The number of aromatic nitrogens is 2. The molecule has 0 saturated heterocycles. The van der Waals surface area contributed by atoms with Gasteiger partial charge in [-0.3, -0.25) is 0 Å². The molecular weight excluding hydrogens is 331 g/mol. The molecule has 0 bridgehead atoms. The van der Waals surface area contributed by atoms with Crippen molar-refractivity contribution >= 4 is 10.0 Å². The van der Waals surface area contributed by atoms with Crippen LogP contribution >= 0.6 is 0 Å². The highest BCUT2D eigenvalue weighted by Gasteiger charge is 2.25. The van der Waals surface area contributed by atoms with Crippen molar-refractivity contribution in [3.63, 3.8) is 0 Å². The van der Waals surface area contributed by atoms with E-state index in [1.807, 2.05) is 6.92 Å². The number of hydrogen-bond donors (Lipinski definition) is 2. The molecular formula is C16H21FN4O2S. The molecule has 24 heavy (non-hydrogen) atoms. The van der Waals surface area contributed by atoms with Crippen molar-refractivity contribution in [1.82, 2.24) is 14.5 Å². The standard InChI is InChI=1S/C16H21FN4O2S/c1-11-9-19-21(10-11)16-7-6-14(8-15(16)17)24(22,23)20-13-4-2-12(18)3-5-13/h6-10,12-13,20H,2-5,18H2,1H3. The maximum absolute atomic E-state index is 14.3. The molecule has 1 heterocycles. The van der Waals surface area contributed by atoms with E-state index in [2.05, 4.69) is 9.82 Å². The molecule has 130 valence electrons. The summed E-state index contributed by atoms with van der Waals surface area (Å²) in [5, 5.41) is 4.04. The lowest BCUT2D eigenvalue weighted by Crippen LogP contribution is -2.40. The Morgan fingerprint density at radius 2 is 2.00 bits per heavy atom. The average molecular weight is 352 g/mol. The Bertz CT molecular complexity index is 826. The molecule has 0 atom stereocenters. The average Bonchev–Trinajstić information content (AvgIpc) is 2.95. The summed E-state index contributed by atoms with van der Waals surface area (Å²) in [6, 6.07) is 3.84. The van der Waals surface area contributed by atoms with Crippen LogP contribution in [-0.2, 0) is 10.0 Å². The van der Waals surface area contributed by atoms with Gasteiger partial charge < -0.3 is 5.73 Å². The summed E-state index contributed by atoms with van der Waals surface area (Å²) >= 11 is 0. The van der Waals surface area contributed by atoms with Crippen LogP contribution in [0.3, 0.4) is 0 Å². The Morgan fingerprint density at radius 1 is 1.29 bits per heavy atom. The molecule has 0 aliphatic heterocycles. The Labute approximate surface area is 140 Å². The number of nitrogens with two attached hydrogens (primary N) is 1. The highest BCUT2D eigenvalue weighted by Crippen LogP contribution is 2.22. The van der Waals surface area contributed by atoms with Gasteiger partial charge in [-0.05, 0) is 56.4 Å². The van der Waals surface area contributed by atoms with E-state index in [0.717, 1.165) is 24.5 Å². The van der Waals surface area contributed by atoms with E-state index < -0.39 is 15.8 Å². The maximum Gasteiger partial charge on any atom is 0.240 e. The summed E-state index contributed by atoms with van der Waals surface area (Å²) in [5.41, 5.74) is 6.94. The monoisotopic (exact) mass is 352 g/mol. The molecule has 1 saturated carbocycles. The minimum absolute atomic E-state index is 0.0810. The van der Waals surface area contributed by atoms with E-state index >= 15 is 0 Å². The minimum Gasteiger partial charge on any atom is -0.328 e. The van der Waals surface area contributed by atoms with Crippen LogP contribution in [0.15, 0.2) is 35.5 Å². The molecule has 1 fully saturated rings. The zero-order valence-corrected chi connectivity index (χ0v) is 14.3. The van der Waals surface area contributed by atoms with Crippen LogP contribution in [0.1, 0.15) is 31.2 Å². The largest absolute Gasteiger partial charge is 0.328 e. The van der Waals surface area contributed by atoms with E-state index in [1.54, 1.807) is 12.4 Å². The number of nitrogens with zero attached hydrogens (tertiary/aromatic N) is 2. The number of rotatable bonds is 4. The van der Waals surface area contributed by atoms with Crippen molar-refractivity contribution in [1.29, 1.82) is 0 Å². The molecule has 0 spiro atoms. The molecule has 1 aromatic heterocycles. The molecule has 0 amide bonds. The first-order valence-corrected chi connectivity index (χ1v) is 9.42. The van der Waals surface area contributed by atoms with Crippen molar-refractivity contribution in [2.45, 2.75) is 49.6 Å². The second-order valence-electron chi connectivity index (χ2n) is 6.31. The number of benzene rings is 1. The first-order chi connectivity index (χ1) is 11.3. The molecule has 3 rings (SSSR count). The van der Waals surface area contributed by atoms with Gasteiger partial charge >= 0.3 is 0 Å². The third kappa shape index (κ3) is 3.66. The highest BCUT2D eigenvalue weighted by atomic mass is 32.2. The van der Waals surface area contributed by atoms with E-state index in [9.17, 15) is 12.8 Å². The molecule has 1 aromatic carbocycles. The molecule has 1 aliphatic rings. The van der Waals surface area contributed by atoms with Crippen molar-refractivity contribution in [2.24, 2.45) is 5.73 Å². The van der Waals surface area contributed by atoms with Crippen LogP contribution in [0.2, 0.25) is 0 Å². The topological polar surface area (TPSA) is 90.0 Å². The smallest absolute Gasteiger partial charge is 0.240 e. The molecule has 1 aliphatic carbocycles. The molecule has 3 N–H and O–H groups in total. The van der Waals surface area contributed by atoms with Gasteiger partial charge in [0.15, 0.2) is 0 Å². The van der Waals surface area contributed by atoms with Gasteiger partial charge in [-0.2, -0.15) is 5.10 Å². The predicted octanol–water partition coefficient (Wildman–Crippen LogP) is 1.87. The van der Waals surface area contributed by atoms with E-state index in [-0.39, 0.29) is 22.7 Å². The molecule has 0 unspecified atom stereocenters. The van der Waals surface area contributed by atoms with Gasteiger partial charge in [0.05, 0.1) is 11.1 Å². The van der Waals surface area contributed by atoms with Crippen LogP contribution in [-0.4, -0.2) is 30.3 Å². The third-order valence-electron chi connectivity index (χ3n) is 4.28. The quantitative estimate of drug-likeness (QED) is 0.879. The van der Waals surface area contributed by atoms with E-state index in [4.69, 9.17) is 5.73 Å². The van der Waals surface area contributed by atoms with Gasteiger partial charge in [0.2, 0.25) is 10.0 Å². The Morgan fingerprint density at radius 3 is 2.58 bits per heavy atom. The second-order valence-corrected chi connectivity index (χ2v) is 8.02. The minimum atomic E-state index is -3.75. The summed E-state index contributed by atoms with van der Waals surface area (Å²) in [4.78, 5) is -0.0810. The third-order valence-corrected chi connectivity index (χ3v) is 5.80. The van der Waals surface area contributed by atoms with Crippen molar-refractivity contribution in [3.05, 3.63) is 42.0 Å². The van der Waals surface area contributed by atoms with E-state index in [1.165, 1.54) is 16.8 Å². The van der Waals surface area contributed by atoms with Crippen LogP contribution in [0.25, 0.3) is 5.69 Å². The summed E-state index contributed by atoms with van der Waals surface area (Å²) in [6.07, 6.45) is 6.27. The predicted molar refractivity (Wildman–Crippen MR) is 88.8 cm³/mol. The zero-order chi connectivity index (χ0) is 17.3. The molecule has 6 nitrogen and oxygen atoms in total. The van der Waals surface area contributed by atoms with E-state index in [0.29, 0.717) is 12.8 Å². The lowest BCUT2D eigenvalue weighted by molar-refractivity contribution is 0.373. The zero-order valence-electron chi connectivity index (χ0n) is 13.4. The number of aryl methyl sites for hydroxylation is 1. The maximum atomic E-state index is 14.3. The fourth-order valence-electron chi connectivity index (χ4n) is 2.91. The Balaban J connectivity index is 1.80. The van der Waals surface area contributed by atoms with Gasteiger partial charge in [-0.1, -0.05) is 0 Å². The first-order valence-electron chi connectivity index (χ1n) is 7.94. The van der Waals surface area contributed by atoms with Gasteiger partial charge in [0.1, 0.15) is 11.5 Å². The summed E-state index contributed by atoms with van der Waals surface area (Å²) in [7, 11) is -3.75. The summed E-state index contributed by atoms with van der Waals surface area (Å²) in [6.45, 7) is 1.85. The first kappa shape index (κ1) is 17.1. The second kappa shape index (κ2) is 6.62. The number of hydrogen-bond acceptors (Lipinski definition) is 4. The van der Waals surface area contributed by atoms with Crippen LogP contribution in [0, 0.1) is 12.7 Å². The van der Waals surface area contributed by atoms with Gasteiger partial charge in [-0.15, -0.1) is 0 Å². The highest BCUT2D eigenvalue weighted by molar-refractivity contribution is 7.89. The molecule has 0 radical (unpaired) electrons. The lowest BCUT2D eigenvalue weighted by atomic mass is 9.93. The normalized spacial score (nSPS) is 21.8. The fourth-order valence-corrected chi connectivity index (χ4v) is 4.23. The van der Waals surface area contributed by atoms with Crippen molar-refractivity contribution < 1.29 is 12.8 Å². The van der Waals surface area contributed by atoms with Gasteiger partial charge in [0.25, 0.3) is 0 Å². The number of nitrogens with one attached hydrogen (secondary N) is 1. The molecule has 8 heteroatoms. The fraction of sp³-hybridized carbons (Fsp3) is 0.438. The Kier molecular flexibility index (Phi) is 4.71. The van der Waals surface area contributed by atoms with Crippen molar-refractivity contribution in [3.8, 4) is 5.69 Å². The van der Waals surface area contributed by atoms with Crippen LogP contribution in [0.4, 0.5) is 4.39 Å². The van der Waals surface area contributed by atoms with Crippen LogP contribution < -0.4 is 10.5 Å². The van der Waals surface area contributed by atoms with Crippen LogP contribution in [0.5, 0.6) is 0 Å². The lowest BCUT2D eigenvalue weighted by Gasteiger charge is -2.26. The number of halogens is 1. The number of sulfonamides is 1. The molecule has 2 aromatic rings. The SMILES string of the molecule is Cc1cnn(-c2ccc(S(=O)(=O)NC3CCC(N)CC3)cc2F)c1. The van der Waals surface area contributed by atoms with Crippen molar-refractivity contribution in [2.75, 3.05) is 0 Å². The summed E-state index contributed by atoms with van der Waals surface area (Å²) < 4.78 is 43.3. The van der Waals surface area contributed by atoms with Gasteiger partial charge in [0, 0.05) is 18.3 Å². The van der Waals surface area contributed by atoms with Gasteiger partial charge in [-0.25, -0.2) is 22.2 Å². The Hall–Kier alpha value is -1.77. The summed E-state index contributed by atoms with van der Waals surface area (Å²) in [5.74, 6) is -0.633.